The lowest BCUT2D eigenvalue weighted by Gasteiger charge is -2.36. The third kappa shape index (κ3) is 5.62. The molecule has 2 aromatic carbocycles. The van der Waals surface area contributed by atoms with E-state index in [-0.39, 0.29) is 5.91 Å². The van der Waals surface area contributed by atoms with Crippen LogP contribution in [0.4, 0.5) is 5.69 Å². The van der Waals surface area contributed by atoms with Gasteiger partial charge in [0.1, 0.15) is 4.34 Å². The molecule has 0 spiro atoms. The van der Waals surface area contributed by atoms with E-state index in [9.17, 15) is 4.79 Å². The van der Waals surface area contributed by atoms with Gasteiger partial charge in [-0.3, -0.25) is 4.79 Å². The topological polar surface area (TPSA) is 36.4 Å². The fourth-order valence-electron chi connectivity index (χ4n) is 3.70. The van der Waals surface area contributed by atoms with Crippen molar-refractivity contribution in [3.8, 4) is 0 Å². The monoisotopic (exact) mass is 471 g/mol. The standard InChI is InChI=1S/C24H26ClN3OS2/c1-17-7-8-18(2)19(13-17)15-30-24-26-20(16-31-24)14-23(29)28-11-9-27(10-12-28)22-6-4-3-5-21(22)25/h3-8,13,16H,9-12,14-15H2,1-2H3. The summed E-state index contributed by atoms with van der Waals surface area (Å²) >= 11 is 9.68. The Morgan fingerprint density at radius 2 is 1.90 bits per heavy atom. The molecule has 1 aromatic heterocycles. The van der Waals surface area contributed by atoms with E-state index in [0.29, 0.717) is 19.5 Å². The Kier molecular flexibility index (Phi) is 7.20. The molecular weight excluding hydrogens is 446 g/mol. The average Bonchev–Trinajstić information content (AvgIpc) is 3.22. The summed E-state index contributed by atoms with van der Waals surface area (Å²) in [4.78, 5) is 21.7. The number of nitrogens with zero attached hydrogens (tertiary/aromatic N) is 3. The zero-order valence-electron chi connectivity index (χ0n) is 17.8. The number of halogens is 1. The second-order valence-electron chi connectivity index (χ2n) is 7.82. The number of benzene rings is 2. The molecule has 0 aliphatic carbocycles. The molecule has 0 radical (unpaired) electrons. The lowest BCUT2D eigenvalue weighted by Crippen LogP contribution is -2.49. The van der Waals surface area contributed by atoms with Gasteiger partial charge in [0, 0.05) is 37.3 Å². The van der Waals surface area contributed by atoms with Crippen LogP contribution in [-0.2, 0) is 17.0 Å². The zero-order valence-corrected chi connectivity index (χ0v) is 20.2. The Morgan fingerprint density at radius 1 is 1.13 bits per heavy atom. The molecule has 4 rings (SSSR count). The van der Waals surface area contributed by atoms with Crippen LogP contribution < -0.4 is 4.90 Å². The fourth-order valence-corrected chi connectivity index (χ4v) is 5.87. The summed E-state index contributed by atoms with van der Waals surface area (Å²) in [5.41, 5.74) is 5.84. The highest BCUT2D eigenvalue weighted by molar-refractivity contribution is 8.00. The van der Waals surface area contributed by atoms with Crippen molar-refractivity contribution >= 4 is 46.3 Å². The van der Waals surface area contributed by atoms with Crippen LogP contribution in [0.3, 0.4) is 0 Å². The molecule has 0 atom stereocenters. The quantitative estimate of drug-likeness (QED) is 0.438. The SMILES string of the molecule is Cc1ccc(C)c(CSc2nc(CC(=O)N3CCN(c4ccccc4Cl)CC3)cs2)c1. The highest BCUT2D eigenvalue weighted by atomic mass is 35.5. The van der Waals surface area contributed by atoms with Crippen molar-refractivity contribution in [1.82, 2.24) is 9.88 Å². The van der Waals surface area contributed by atoms with Crippen LogP contribution >= 0.6 is 34.7 Å². The highest BCUT2D eigenvalue weighted by Gasteiger charge is 2.23. The first-order valence-electron chi connectivity index (χ1n) is 10.4. The van der Waals surface area contributed by atoms with Crippen molar-refractivity contribution in [2.24, 2.45) is 0 Å². The fraction of sp³-hybridized carbons (Fsp3) is 0.333. The van der Waals surface area contributed by atoms with E-state index in [0.717, 1.165) is 39.6 Å². The molecule has 0 unspecified atom stereocenters. The molecule has 1 aliphatic rings. The minimum absolute atomic E-state index is 0.148. The van der Waals surface area contributed by atoms with E-state index >= 15 is 0 Å². The largest absolute Gasteiger partial charge is 0.367 e. The number of rotatable bonds is 6. The number of aromatic nitrogens is 1. The van der Waals surface area contributed by atoms with Crippen LogP contribution in [0.5, 0.6) is 0 Å². The predicted octanol–water partition coefficient (Wildman–Crippen LogP) is 5.60. The smallest absolute Gasteiger partial charge is 0.228 e. The number of amides is 1. The van der Waals surface area contributed by atoms with Crippen LogP contribution in [0.25, 0.3) is 0 Å². The molecule has 1 aliphatic heterocycles. The van der Waals surface area contributed by atoms with Crippen LogP contribution in [0.1, 0.15) is 22.4 Å². The Balaban J connectivity index is 1.28. The van der Waals surface area contributed by atoms with Crippen LogP contribution in [0.2, 0.25) is 5.02 Å². The molecule has 0 N–H and O–H groups in total. The molecular formula is C24H26ClN3OS2. The summed E-state index contributed by atoms with van der Waals surface area (Å²) in [5, 5.41) is 2.78. The van der Waals surface area contributed by atoms with Crippen LogP contribution in [0.15, 0.2) is 52.2 Å². The van der Waals surface area contributed by atoms with Gasteiger partial charge in [-0.25, -0.2) is 4.98 Å². The van der Waals surface area contributed by atoms with Crippen molar-refractivity contribution in [2.75, 3.05) is 31.1 Å². The molecule has 7 heteroatoms. The van der Waals surface area contributed by atoms with E-state index in [1.54, 1.807) is 23.1 Å². The number of carbonyl (C=O) groups excluding carboxylic acids is 1. The van der Waals surface area contributed by atoms with Gasteiger partial charge in [-0.1, -0.05) is 59.3 Å². The lowest BCUT2D eigenvalue weighted by molar-refractivity contribution is -0.130. The molecule has 0 saturated carbocycles. The number of thioether (sulfide) groups is 1. The Labute approximate surface area is 197 Å². The summed E-state index contributed by atoms with van der Waals surface area (Å²) in [6.07, 6.45) is 0.368. The summed E-state index contributed by atoms with van der Waals surface area (Å²) in [7, 11) is 0. The van der Waals surface area contributed by atoms with Crippen molar-refractivity contribution in [1.29, 1.82) is 0 Å². The van der Waals surface area contributed by atoms with Gasteiger partial charge in [0.05, 0.1) is 22.8 Å². The number of aryl methyl sites for hydroxylation is 2. The molecule has 1 fully saturated rings. The zero-order chi connectivity index (χ0) is 21.8. The highest BCUT2D eigenvalue weighted by Crippen LogP contribution is 2.29. The maximum atomic E-state index is 12.8. The number of para-hydroxylation sites is 1. The number of hydrogen-bond donors (Lipinski definition) is 0. The molecule has 0 bridgehead atoms. The normalized spacial score (nSPS) is 14.2. The van der Waals surface area contributed by atoms with Crippen LogP contribution in [-0.4, -0.2) is 42.0 Å². The van der Waals surface area contributed by atoms with E-state index in [2.05, 4.69) is 36.9 Å². The minimum atomic E-state index is 0.148. The summed E-state index contributed by atoms with van der Waals surface area (Å²) in [5.74, 6) is 1.05. The van der Waals surface area contributed by atoms with Gasteiger partial charge in [-0.05, 0) is 37.1 Å². The van der Waals surface area contributed by atoms with Gasteiger partial charge in [-0.15, -0.1) is 11.3 Å². The van der Waals surface area contributed by atoms with Crippen molar-refractivity contribution < 1.29 is 4.79 Å². The molecule has 4 nitrogen and oxygen atoms in total. The number of thiazole rings is 1. The van der Waals surface area contributed by atoms with Gasteiger partial charge >= 0.3 is 0 Å². The van der Waals surface area contributed by atoms with Gasteiger partial charge in [-0.2, -0.15) is 0 Å². The van der Waals surface area contributed by atoms with Gasteiger partial charge in [0.25, 0.3) is 0 Å². The van der Waals surface area contributed by atoms with Crippen molar-refractivity contribution in [2.45, 2.75) is 30.4 Å². The summed E-state index contributed by atoms with van der Waals surface area (Å²) in [6.45, 7) is 7.28. The van der Waals surface area contributed by atoms with Gasteiger partial charge in [0.15, 0.2) is 0 Å². The summed E-state index contributed by atoms with van der Waals surface area (Å²) in [6, 6.07) is 14.4. The molecule has 3 aromatic rings. The Bertz CT molecular complexity index is 1060. The van der Waals surface area contributed by atoms with Crippen LogP contribution in [0, 0.1) is 13.8 Å². The third-order valence-corrected chi connectivity index (χ3v) is 7.98. The third-order valence-electron chi connectivity index (χ3n) is 5.54. The molecule has 2 heterocycles. The predicted molar refractivity (Wildman–Crippen MR) is 132 cm³/mol. The second kappa shape index (κ2) is 10.1. The first kappa shape index (κ1) is 22.2. The molecule has 162 valence electrons. The van der Waals surface area contributed by atoms with E-state index in [1.165, 1.54) is 16.7 Å². The first-order valence-corrected chi connectivity index (χ1v) is 12.6. The van der Waals surface area contributed by atoms with Gasteiger partial charge in [0.2, 0.25) is 5.91 Å². The maximum absolute atomic E-state index is 12.8. The summed E-state index contributed by atoms with van der Waals surface area (Å²) < 4.78 is 1.02. The lowest BCUT2D eigenvalue weighted by atomic mass is 10.1. The maximum Gasteiger partial charge on any atom is 0.228 e. The van der Waals surface area contributed by atoms with Crippen molar-refractivity contribution in [3.63, 3.8) is 0 Å². The number of anilines is 1. The Morgan fingerprint density at radius 3 is 2.68 bits per heavy atom. The number of piperazine rings is 1. The molecule has 31 heavy (non-hydrogen) atoms. The minimum Gasteiger partial charge on any atom is -0.367 e. The Hall–Kier alpha value is -2.02. The van der Waals surface area contributed by atoms with E-state index < -0.39 is 0 Å². The number of carbonyl (C=O) groups is 1. The van der Waals surface area contributed by atoms with Gasteiger partial charge < -0.3 is 9.80 Å². The van der Waals surface area contributed by atoms with E-state index in [4.69, 9.17) is 16.6 Å². The molecule has 1 saturated heterocycles. The van der Waals surface area contributed by atoms with E-state index in [1.807, 2.05) is 34.5 Å². The first-order chi connectivity index (χ1) is 15.0. The average molecular weight is 472 g/mol. The molecule has 1 amide bonds. The number of hydrogen-bond acceptors (Lipinski definition) is 5. The second-order valence-corrected chi connectivity index (χ2v) is 10.3. The van der Waals surface area contributed by atoms with Crippen molar-refractivity contribution in [3.05, 3.63) is 75.3 Å².